The van der Waals surface area contributed by atoms with Crippen LogP contribution in [0.3, 0.4) is 0 Å². The van der Waals surface area contributed by atoms with Crippen LogP contribution in [-0.2, 0) is 9.59 Å². The molecule has 7 nitrogen and oxygen atoms in total. The second-order valence-corrected chi connectivity index (χ2v) is 8.55. The number of hydrogen-bond donors (Lipinski definition) is 0. The second-order valence-electron chi connectivity index (χ2n) is 8.55. The first-order valence-corrected chi connectivity index (χ1v) is 10.7. The van der Waals surface area contributed by atoms with Gasteiger partial charge < -0.3 is 19.0 Å². The van der Waals surface area contributed by atoms with Crippen LogP contribution in [0.15, 0.2) is 57.7 Å². The normalized spacial score (nSPS) is 19.6. The van der Waals surface area contributed by atoms with E-state index in [1.54, 1.807) is 19.1 Å². The minimum Gasteiger partial charge on any atom is -0.484 e. The van der Waals surface area contributed by atoms with Gasteiger partial charge in [-0.15, -0.1) is 0 Å². The van der Waals surface area contributed by atoms with Crippen molar-refractivity contribution in [3.63, 3.8) is 0 Å². The van der Waals surface area contributed by atoms with E-state index in [1.165, 1.54) is 6.07 Å². The summed E-state index contributed by atoms with van der Waals surface area (Å²) in [5, 5.41) is 0.834. The van der Waals surface area contributed by atoms with E-state index in [2.05, 4.69) is 6.07 Å². The molecular formula is C25H24N2O5. The maximum Gasteiger partial charge on any atom is 0.336 e. The number of hydrogen-bond acceptors (Lipinski definition) is 5. The summed E-state index contributed by atoms with van der Waals surface area (Å²) in [7, 11) is 0. The Morgan fingerprint density at radius 1 is 1.09 bits per heavy atom. The average molecular weight is 432 g/mol. The highest BCUT2D eigenvalue weighted by atomic mass is 16.5. The predicted molar refractivity (Wildman–Crippen MR) is 120 cm³/mol. The molecule has 32 heavy (non-hydrogen) atoms. The van der Waals surface area contributed by atoms with Gasteiger partial charge in [-0.2, -0.15) is 0 Å². The largest absolute Gasteiger partial charge is 0.484 e. The zero-order chi connectivity index (χ0) is 22.4. The van der Waals surface area contributed by atoms with E-state index in [9.17, 15) is 14.4 Å². The Balaban J connectivity index is 1.29. The first-order valence-electron chi connectivity index (χ1n) is 10.7. The topological polar surface area (TPSA) is 80.1 Å². The number of carbonyl (C=O) groups excluding carboxylic acids is 2. The van der Waals surface area contributed by atoms with Crippen LogP contribution in [-0.4, -0.2) is 43.0 Å². The van der Waals surface area contributed by atoms with Gasteiger partial charge in [0.2, 0.25) is 5.91 Å². The van der Waals surface area contributed by atoms with E-state index in [0.29, 0.717) is 31.0 Å². The molecule has 0 aliphatic carbocycles. The summed E-state index contributed by atoms with van der Waals surface area (Å²) in [4.78, 5) is 40.3. The van der Waals surface area contributed by atoms with Gasteiger partial charge in [-0.05, 0) is 36.2 Å². The molecule has 0 spiro atoms. The molecule has 0 bridgehead atoms. The molecule has 1 fully saturated rings. The van der Waals surface area contributed by atoms with Gasteiger partial charge in [0, 0.05) is 61.6 Å². The maximum atomic E-state index is 12.9. The number of amides is 2. The van der Waals surface area contributed by atoms with Gasteiger partial charge in [-0.25, -0.2) is 4.79 Å². The first kappa shape index (κ1) is 20.3. The van der Waals surface area contributed by atoms with Gasteiger partial charge in [-0.1, -0.05) is 18.2 Å². The molecule has 0 saturated carbocycles. The van der Waals surface area contributed by atoms with Crippen LogP contribution in [0.25, 0.3) is 11.0 Å². The highest BCUT2D eigenvalue weighted by Gasteiger charge is 2.42. The van der Waals surface area contributed by atoms with Crippen LogP contribution in [0, 0.1) is 12.8 Å². The van der Waals surface area contributed by atoms with Crippen molar-refractivity contribution < 1.29 is 18.7 Å². The third-order valence-electron chi connectivity index (χ3n) is 6.50. The van der Waals surface area contributed by atoms with Gasteiger partial charge in [-0.3, -0.25) is 9.59 Å². The Hall–Kier alpha value is -3.61. The highest BCUT2D eigenvalue weighted by Crippen LogP contribution is 2.42. The summed E-state index contributed by atoms with van der Waals surface area (Å²) in [5.74, 6) is 0.808. The third kappa shape index (κ3) is 3.53. The Labute approximate surface area is 185 Å². The predicted octanol–water partition coefficient (Wildman–Crippen LogP) is 3.09. The molecule has 3 heterocycles. The fraction of sp³-hybridized carbons (Fsp3) is 0.320. The summed E-state index contributed by atoms with van der Waals surface area (Å²) >= 11 is 0. The lowest BCUT2D eigenvalue weighted by molar-refractivity contribution is -0.132. The number of fused-ring (bicyclic) bond motifs is 4. The molecule has 1 saturated heterocycles. The van der Waals surface area contributed by atoms with Crippen LogP contribution >= 0.6 is 0 Å². The number of nitrogens with zero attached hydrogens (tertiary/aromatic N) is 2. The van der Waals surface area contributed by atoms with E-state index in [-0.39, 0.29) is 30.3 Å². The Morgan fingerprint density at radius 2 is 1.91 bits per heavy atom. The summed E-state index contributed by atoms with van der Waals surface area (Å²) in [6, 6.07) is 14.6. The van der Waals surface area contributed by atoms with E-state index in [4.69, 9.17) is 9.15 Å². The van der Waals surface area contributed by atoms with Gasteiger partial charge in [0.05, 0.1) is 0 Å². The molecule has 2 amide bonds. The van der Waals surface area contributed by atoms with Crippen molar-refractivity contribution in [3.05, 3.63) is 70.1 Å². The number of benzene rings is 2. The number of anilines is 1. The zero-order valence-corrected chi connectivity index (χ0v) is 18.0. The monoisotopic (exact) mass is 432 g/mol. The molecule has 3 aromatic rings. The van der Waals surface area contributed by atoms with Crippen LogP contribution in [0.2, 0.25) is 0 Å². The molecule has 2 aliphatic rings. The Kier molecular flexibility index (Phi) is 4.96. The molecule has 2 atom stereocenters. The molecule has 2 unspecified atom stereocenters. The summed E-state index contributed by atoms with van der Waals surface area (Å²) in [5.41, 5.74) is 2.92. The van der Waals surface area contributed by atoms with Gasteiger partial charge >= 0.3 is 5.63 Å². The minimum absolute atomic E-state index is 0.0159. The van der Waals surface area contributed by atoms with E-state index >= 15 is 0 Å². The summed E-state index contributed by atoms with van der Waals surface area (Å²) in [6.45, 7) is 5.15. The summed E-state index contributed by atoms with van der Waals surface area (Å²) in [6.07, 6.45) is 0. The third-order valence-corrected chi connectivity index (χ3v) is 6.50. The number of carbonyl (C=O) groups is 2. The smallest absolute Gasteiger partial charge is 0.336 e. The van der Waals surface area contributed by atoms with Crippen molar-refractivity contribution in [2.75, 3.05) is 31.1 Å². The van der Waals surface area contributed by atoms with E-state index < -0.39 is 5.63 Å². The highest BCUT2D eigenvalue weighted by molar-refractivity contribution is 5.93. The van der Waals surface area contributed by atoms with Crippen LogP contribution in [0.5, 0.6) is 5.75 Å². The molecule has 0 radical (unpaired) electrons. The van der Waals surface area contributed by atoms with Crippen molar-refractivity contribution in [1.82, 2.24) is 4.90 Å². The molecule has 2 aliphatic heterocycles. The molecule has 164 valence electrons. The number of aryl methyl sites for hydroxylation is 1. The van der Waals surface area contributed by atoms with Crippen molar-refractivity contribution in [3.8, 4) is 5.75 Å². The van der Waals surface area contributed by atoms with E-state index in [1.807, 2.05) is 41.0 Å². The molecule has 0 N–H and O–H groups in total. The quantitative estimate of drug-likeness (QED) is 0.594. The van der Waals surface area contributed by atoms with Crippen molar-refractivity contribution in [1.29, 1.82) is 0 Å². The van der Waals surface area contributed by atoms with Crippen LogP contribution in [0.4, 0.5) is 5.69 Å². The molecule has 1 aromatic heterocycles. The molecule has 2 aromatic carbocycles. The van der Waals surface area contributed by atoms with Gasteiger partial charge in [0.1, 0.15) is 11.3 Å². The Bertz CT molecular complexity index is 1280. The number of rotatable bonds is 3. The zero-order valence-electron chi connectivity index (χ0n) is 18.0. The molecule has 7 heteroatoms. The maximum absolute atomic E-state index is 12.9. The fourth-order valence-corrected chi connectivity index (χ4v) is 4.92. The van der Waals surface area contributed by atoms with Crippen LogP contribution in [0.1, 0.15) is 24.0 Å². The first-order chi connectivity index (χ1) is 15.4. The van der Waals surface area contributed by atoms with Crippen LogP contribution < -0.4 is 15.3 Å². The Morgan fingerprint density at radius 3 is 2.72 bits per heavy atom. The minimum atomic E-state index is -0.414. The SMILES string of the molecule is CC(=O)N1CC2CN(C(=O)COc3ccc4c(C)cc(=O)oc4c3)CC2c2ccccc21. The fourth-order valence-electron chi connectivity index (χ4n) is 4.92. The average Bonchev–Trinajstić information content (AvgIpc) is 3.21. The lowest BCUT2D eigenvalue weighted by atomic mass is 9.84. The molecule has 5 rings (SSSR count). The van der Waals surface area contributed by atoms with Gasteiger partial charge in [0.25, 0.3) is 5.91 Å². The van der Waals surface area contributed by atoms with Crippen molar-refractivity contribution in [2.24, 2.45) is 5.92 Å². The van der Waals surface area contributed by atoms with Crippen molar-refractivity contribution >= 4 is 28.5 Å². The van der Waals surface area contributed by atoms with Crippen molar-refractivity contribution in [2.45, 2.75) is 19.8 Å². The second kappa shape index (κ2) is 7.82. The number of ether oxygens (including phenoxy) is 1. The number of para-hydroxylation sites is 1. The lowest BCUT2D eigenvalue weighted by Gasteiger charge is -2.35. The molecular weight excluding hydrogens is 408 g/mol. The summed E-state index contributed by atoms with van der Waals surface area (Å²) < 4.78 is 11.0. The standard InChI is InChI=1S/C25H24N2O5/c1-15-9-25(30)32-23-10-18(7-8-19(15)23)31-14-24(29)26-11-17-12-27(16(2)28)22-6-4-3-5-20(22)21(17)13-26/h3-10,17,21H,11-14H2,1-2H3. The van der Waals surface area contributed by atoms with E-state index in [0.717, 1.165) is 22.2 Å². The lowest BCUT2D eigenvalue weighted by Crippen LogP contribution is -2.40. The van der Waals surface area contributed by atoms with Gasteiger partial charge in [0.15, 0.2) is 6.61 Å². The number of likely N-dealkylation sites (tertiary alicyclic amines) is 1.